The molecule has 0 unspecified atom stereocenters. The Morgan fingerprint density at radius 2 is 1.94 bits per heavy atom. The first-order chi connectivity index (χ1) is 7.49. The molecule has 6 nitrogen and oxygen atoms in total. The van der Waals surface area contributed by atoms with Crippen LogP contribution in [-0.2, 0) is 9.59 Å². The van der Waals surface area contributed by atoms with Crippen LogP contribution in [0, 0.1) is 0 Å². The van der Waals surface area contributed by atoms with Crippen molar-refractivity contribution < 1.29 is 19.8 Å². The molecular weight excluding hydrogens is 212 g/mol. The Hall–Kier alpha value is -2.24. The Kier molecular flexibility index (Phi) is 3.71. The topological polar surface area (TPSA) is 98.7 Å². The fourth-order valence-corrected chi connectivity index (χ4v) is 1.06. The molecule has 0 saturated heterocycles. The quantitative estimate of drug-likeness (QED) is 0.433. The van der Waals surface area contributed by atoms with E-state index in [4.69, 9.17) is 10.2 Å². The van der Waals surface area contributed by atoms with Crippen LogP contribution in [0.3, 0.4) is 0 Å². The number of carbonyl (C=O) groups excluding carboxylic acids is 2. The zero-order valence-electron chi connectivity index (χ0n) is 8.65. The van der Waals surface area contributed by atoms with Gasteiger partial charge in [-0.1, -0.05) is 0 Å². The second kappa shape index (κ2) is 5.01. The van der Waals surface area contributed by atoms with Gasteiger partial charge in [0.25, 0.3) is 0 Å². The Labute approximate surface area is 91.9 Å². The van der Waals surface area contributed by atoms with Gasteiger partial charge < -0.3 is 15.5 Å². The van der Waals surface area contributed by atoms with E-state index in [2.05, 4.69) is 10.6 Å². The molecule has 1 rings (SSSR count). The van der Waals surface area contributed by atoms with Gasteiger partial charge in [-0.05, 0) is 12.1 Å². The summed E-state index contributed by atoms with van der Waals surface area (Å²) in [6.45, 7) is 1.15. The van der Waals surface area contributed by atoms with Gasteiger partial charge in [-0.3, -0.25) is 14.9 Å². The van der Waals surface area contributed by atoms with Gasteiger partial charge >= 0.3 is 0 Å². The summed E-state index contributed by atoms with van der Waals surface area (Å²) in [5, 5.41) is 23.0. The van der Waals surface area contributed by atoms with Crippen molar-refractivity contribution in [2.24, 2.45) is 0 Å². The Morgan fingerprint density at radius 3 is 2.50 bits per heavy atom. The molecule has 0 aliphatic rings. The van der Waals surface area contributed by atoms with Crippen molar-refractivity contribution in [3.05, 3.63) is 18.2 Å². The molecule has 1 aromatic rings. The van der Waals surface area contributed by atoms with E-state index in [1.807, 2.05) is 0 Å². The van der Waals surface area contributed by atoms with Crippen LogP contribution in [-0.4, -0.2) is 28.6 Å². The summed E-state index contributed by atoms with van der Waals surface area (Å²) in [5.41, 5.74) is 0.467. The van der Waals surface area contributed by atoms with Crippen LogP contribution in [0.15, 0.2) is 18.2 Å². The number of anilines is 1. The van der Waals surface area contributed by atoms with E-state index in [0.717, 1.165) is 0 Å². The second-order valence-corrected chi connectivity index (χ2v) is 3.16. The lowest BCUT2D eigenvalue weighted by molar-refractivity contribution is -0.128. The molecule has 0 atom stereocenters. The molecule has 0 bridgehead atoms. The first-order valence-electron chi connectivity index (χ1n) is 4.55. The summed E-state index contributed by atoms with van der Waals surface area (Å²) in [4.78, 5) is 21.6. The predicted octanol–water partition coefficient (Wildman–Crippen LogP) is 0.172. The van der Waals surface area contributed by atoms with E-state index in [1.54, 1.807) is 0 Å². The largest absolute Gasteiger partial charge is 0.504 e. The molecule has 4 N–H and O–H groups in total. The van der Waals surface area contributed by atoms with Crippen molar-refractivity contribution in [2.45, 2.75) is 6.92 Å². The highest BCUT2D eigenvalue weighted by molar-refractivity contribution is 5.95. The van der Waals surface area contributed by atoms with E-state index >= 15 is 0 Å². The van der Waals surface area contributed by atoms with Crippen LogP contribution in [0.4, 0.5) is 5.69 Å². The standard InChI is InChI=1S/C10H12N2O4/c1-6(13)12-10(16)5-11-7-2-3-8(14)9(15)4-7/h2-4,11,14-15H,5H2,1H3,(H,12,13,16). The van der Waals surface area contributed by atoms with Crippen molar-refractivity contribution in [2.75, 3.05) is 11.9 Å². The molecule has 0 radical (unpaired) electrons. The van der Waals surface area contributed by atoms with E-state index in [1.165, 1.54) is 25.1 Å². The third kappa shape index (κ3) is 3.49. The second-order valence-electron chi connectivity index (χ2n) is 3.16. The van der Waals surface area contributed by atoms with Crippen LogP contribution < -0.4 is 10.6 Å². The number of rotatable bonds is 3. The maximum absolute atomic E-state index is 11.1. The van der Waals surface area contributed by atoms with Crippen LogP contribution in [0.2, 0.25) is 0 Å². The zero-order chi connectivity index (χ0) is 12.1. The Morgan fingerprint density at radius 1 is 1.25 bits per heavy atom. The minimum atomic E-state index is -0.472. The van der Waals surface area contributed by atoms with Gasteiger partial charge in [0.1, 0.15) is 0 Å². The molecule has 0 spiro atoms. The number of phenolic OH excluding ortho intramolecular Hbond substituents is 2. The third-order valence-electron chi connectivity index (χ3n) is 1.74. The average molecular weight is 224 g/mol. The first-order valence-corrected chi connectivity index (χ1v) is 4.55. The molecular formula is C10H12N2O4. The SMILES string of the molecule is CC(=O)NC(=O)CNc1ccc(O)c(O)c1. The highest BCUT2D eigenvalue weighted by atomic mass is 16.3. The Bertz CT molecular complexity index is 417. The number of nitrogens with one attached hydrogen (secondary N) is 2. The van der Waals surface area contributed by atoms with E-state index < -0.39 is 11.8 Å². The summed E-state index contributed by atoms with van der Waals surface area (Å²) in [6, 6.07) is 4.06. The maximum atomic E-state index is 11.1. The number of imide groups is 1. The molecule has 0 heterocycles. The minimum Gasteiger partial charge on any atom is -0.504 e. The van der Waals surface area contributed by atoms with Gasteiger partial charge in [0, 0.05) is 18.7 Å². The van der Waals surface area contributed by atoms with E-state index in [9.17, 15) is 9.59 Å². The fourth-order valence-electron chi connectivity index (χ4n) is 1.06. The Balaban J connectivity index is 2.51. The highest BCUT2D eigenvalue weighted by Gasteiger charge is 2.04. The molecule has 16 heavy (non-hydrogen) atoms. The molecule has 0 aromatic heterocycles. The lowest BCUT2D eigenvalue weighted by atomic mass is 10.3. The van der Waals surface area contributed by atoms with Crippen molar-refractivity contribution >= 4 is 17.5 Å². The fraction of sp³-hybridized carbons (Fsp3) is 0.200. The molecule has 86 valence electrons. The summed E-state index contributed by atoms with van der Waals surface area (Å²) < 4.78 is 0. The summed E-state index contributed by atoms with van der Waals surface area (Å²) in [6.07, 6.45) is 0. The van der Waals surface area contributed by atoms with Crippen molar-refractivity contribution in [1.29, 1.82) is 0 Å². The first kappa shape index (κ1) is 11.8. The number of hydrogen-bond acceptors (Lipinski definition) is 5. The van der Waals surface area contributed by atoms with Crippen LogP contribution in [0.25, 0.3) is 0 Å². The molecule has 1 aromatic carbocycles. The molecule has 0 aliphatic heterocycles. The number of hydrogen-bond donors (Lipinski definition) is 4. The minimum absolute atomic E-state index is 0.0935. The van der Waals surface area contributed by atoms with Gasteiger partial charge in [0.15, 0.2) is 11.5 Å². The van der Waals surface area contributed by atoms with E-state index in [-0.39, 0.29) is 18.0 Å². The van der Waals surface area contributed by atoms with Crippen molar-refractivity contribution in [3.63, 3.8) is 0 Å². The summed E-state index contributed by atoms with van der Waals surface area (Å²) in [5.74, 6) is -1.42. The van der Waals surface area contributed by atoms with Crippen molar-refractivity contribution in [3.8, 4) is 11.5 Å². The maximum Gasteiger partial charge on any atom is 0.245 e. The summed E-state index contributed by atoms with van der Waals surface area (Å²) in [7, 11) is 0. The van der Waals surface area contributed by atoms with Crippen LogP contribution in [0.1, 0.15) is 6.92 Å². The number of aromatic hydroxyl groups is 2. The van der Waals surface area contributed by atoms with Gasteiger partial charge in [-0.15, -0.1) is 0 Å². The van der Waals surface area contributed by atoms with E-state index in [0.29, 0.717) is 5.69 Å². The van der Waals surface area contributed by atoms with Crippen LogP contribution in [0.5, 0.6) is 11.5 Å². The summed E-state index contributed by atoms with van der Waals surface area (Å²) >= 11 is 0. The van der Waals surface area contributed by atoms with Gasteiger partial charge in [0.2, 0.25) is 11.8 Å². The van der Waals surface area contributed by atoms with Crippen LogP contribution >= 0.6 is 0 Å². The lowest BCUT2D eigenvalue weighted by Crippen LogP contribution is -2.33. The van der Waals surface area contributed by atoms with Crippen molar-refractivity contribution in [1.82, 2.24) is 5.32 Å². The monoisotopic (exact) mass is 224 g/mol. The third-order valence-corrected chi connectivity index (χ3v) is 1.74. The number of benzene rings is 1. The molecule has 0 aliphatic carbocycles. The van der Waals surface area contributed by atoms with Gasteiger partial charge in [0.05, 0.1) is 6.54 Å². The zero-order valence-corrected chi connectivity index (χ0v) is 8.65. The molecule has 2 amide bonds. The smallest absolute Gasteiger partial charge is 0.245 e. The highest BCUT2D eigenvalue weighted by Crippen LogP contribution is 2.26. The molecule has 0 fully saturated rings. The van der Waals surface area contributed by atoms with Gasteiger partial charge in [-0.25, -0.2) is 0 Å². The molecule has 6 heteroatoms. The average Bonchev–Trinajstić information content (AvgIpc) is 2.19. The number of carbonyl (C=O) groups is 2. The number of amides is 2. The number of phenols is 2. The molecule has 0 saturated carbocycles. The predicted molar refractivity (Wildman–Crippen MR) is 57.1 cm³/mol. The van der Waals surface area contributed by atoms with Gasteiger partial charge in [-0.2, -0.15) is 0 Å². The lowest BCUT2D eigenvalue weighted by Gasteiger charge is -2.06. The normalized spacial score (nSPS) is 9.56.